The summed E-state index contributed by atoms with van der Waals surface area (Å²) in [4.78, 5) is 16.1. The van der Waals surface area contributed by atoms with Crippen molar-refractivity contribution in [2.45, 2.75) is 13.3 Å². The van der Waals surface area contributed by atoms with E-state index in [9.17, 15) is 4.79 Å². The lowest BCUT2D eigenvalue weighted by Gasteiger charge is -2.11. The molecule has 104 valence electrons. The quantitative estimate of drug-likeness (QED) is 0.777. The van der Waals surface area contributed by atoms with Gasteiger partial charge in [0.05, 0.1) is 11.2 Å². The van der Waals surface area contributed by atoms with Crippen LogP contribution in [-0.2, 0) is 4.79 Å². The van der Waals surface area contributed by atoms with E-state index in [0.29, 0.717) is 6.42 Å². The third-order valence-electron chi connectivity index (χ3n) is 3.45. The Kier molecular flexibility index (Phi) is 3.65. The first-order chi connectivity index (χ1) is 10.3. The van der Waals surface area contributed by atoms with Gasteiger partial charge in [-0.1, -0.05) is 49.4 Å². The fourth-order valence-electron chi connectivity index (χ4n) is 2.38. The van der Waals surface area contributed by atoms with Crippen LogP contribution in [-0.4, -0.2) is 10.9 Å². The molecule has 0 radical (unpaired) electrons. The van der Waals surface area contributed by atoms with Crippen molar-refractivity contribution in [3.05, 3.63) is 60.8 Å². The molecule has 0 fully saturated rings. The molecule has 21 heavy (non-hydrogen) atoms. The number of nitrogens with zero attached hydrogens (tertiary/aromatic N) is 1. The predicted molar refractivity (Wildman–Crippen MR) is 86.1 cm³/mol. The van der Waals surface area contributed by atoms with Crippen LogP contribution in [0.5, 0.6) is 0 Å². The van der Waals surface area contributed by atoms with E-state index in [-0.39, 0.29) is 5.91 Å². The maximum absolute atomic E-state index is 11.6. The molecule has 3 aromatic rings. The second-order valence-electron chi connectivity index (χ2n) is 4.83. The number of aromatic nitrogens is 1. The molecule has 0 saturated carbocycles. The van der Waals surface area contributed by atoms with Crippen LogP contribution in [0.4, 0.5) is 5.69 Å². The Balaban J connectivity index is 2.17. The highest BCUT2D eigenvalue weighted by molar-refractivity contribution is 6.05. The summed E-state index contributed by atoms with van der Waals surface area (Å²) in [6.07, 6.45) is 2.20. The van der Waals surface area contributed by atoms with Gasteiger partial charge in [-0.3, -0.25) is 9.78 Å². The lowest BCUT2D eigenvalue weighted by Crippen LogP contribution is -2.10. The van der Waals surface area contributed by atoms with Crippen molar-refractivity contribution in [1.29, 1.82) is 0 Å². The smallest absolute Gasteiger partial charge is 0.224 e. The Labute approximate surface area is 123 Å². The standard InChI is InChI=1S/C18H16N2O/c1-2-17(21)20-16-11-10-14(13-7-4-3-5-8-13)15-9-6-12-19-18(15)16/h3-12H,2H2,1H3,(H,20,21). The lowest BCUT2D eigenvalue weighted by molar-refractivity contribution is -0.115. The highest BCUT2D eigenvalue weighted by Crippen LogP contribution is 2.31. The molecule has 1 N–H and O–H groups in total. The van der Waals surface area contributed by atoms with Crippen molar-refractivity contribution in [3.8, 4) is 11.1 Å². The van der Waals surface area contributed by atoms with Crippen LogP contribution >= 0.6 is 0 Å². The van der Waals surface area contributed by atoms with E-state index < -0.39 is 0 Å². The zero-order valence-electron chi connectivity index (χ0n) is 11.8. The van der Waals surface area contributed by atoms with Gasteiger partial charge in [-0.25, -0.2) is 0 Å². The monoisotopic (exact) mass is 276 g/mol. The molecule has 2 aromatic carbocycles. The van der Waals surface area contributed by atoms with Crippen LogP contribution < -0.4 is 5.32 Å². The third kappa shape index (κ3) is 2.63. The maximum atomic E-state index is 11.6. The van der Waals surface area contributed by atoms with E-state index in [1.54, 1.807) is 6.20 Å². The highest BCUT2D eigenvalue weighted by Gasteiger charge is 2.09. The second kappa shape index (κ2) is 5.75. The number of carbonyl (C=O) groups excluding carboxylic acids is 1. The van der Waals surface area contributed by atoms with E-state index >= 15 is 0 Å². The summed E-state index contributed by atoms with van der Waals surface area (Å²) in [5.41, 5.74) is 3.84. The number of hydrogen-bond donors (Lipinski definition) is 1. The van der Waals surface area contributed by atoms with Crippen molar-refractivity contribution in [1.82, 2.24) is 4.98 Å². The van der Waals surface area contributed by atoms with Crippen LogP contribution in [0.15, 0.2) is 60.8 Å². The van der Waals surface area contributed by atoms with Crippen molar-refractivity contribution in [2.75, 3.05) is 5.32 Å². The molecule has 0 aliphatic carbocycles. The minimum absolute atomic E-state index is 0.00517. The number of anilines is 1. The molecule has 3 nitrogen and oxygen atoms in total. The molecule has 0 aliphatic heterocycles. The van der Waals surface area contributed by atoms with Crippen LogP contribution in [0.3, 0.4) is 0 Å². The van der Waals surface area contributed by atoms with Gasteiger partial charge in [0.2, 0.25) is 5.91 Å². The van der Waals surface area contributed by atoms with E-state index in [0.717, 1.165) is 27.7 Å². The van der Waals surface area contributed by atoms with Crippen molar-refractivity contribution in [3.63, 3.8) is 0 Å². The molecule has 3 heteroatoms. The number of nitrogens with one attached hydrogen (secondary N) is 1. The first-order valence-electron chi connectivity index (χ1n) is 7.02. The topological polar surface area (TPSA) is 42.0 Å². The number of pyridine rings is 1. The SMILES string of the molecule is CCC(=O)Nc1ccc(-c2ccccc2)c2cccnc12. The molecule has 0 saturated heterocycles. The fraction of sp³-hybridized carbons (Fsp3) is 0.111. The lowest BCUT2D eigenvalue weighted by atomic mass is 10.00. The highest BCUT2D eigenvalue weighted by atomic mass is 16.1. The molecule has 0 aliphatic rings. The second-order valence-corrected chi connectivity index (χ2v) is 4.83. The average Bonchev–Trinajstić information content (AvgIpc) is 2.56. The molecule has 3 rings (SSSR count). The van der Waals surface area contributed by atoms with Gasteiger partial charge in [0.1, 0.15) is 0 Å². The predicted octanol–water partition coefficient (Wildman–Crippen LogP) is 4.25. The van der Waals surface area contributed by atoms with Crippen LogP contribution in [0, 0.1) is 0 Å². The summed E-state index contributed by atoms with van der Waals surface area (Å²) < 4.78 is 0. The van der Waals surface area contributed by atoms with E-state index in [1.807, 2.05) is 49.4 Å². The van der Waals surface area contributed by atoms with Crippen molar-refractivity contribution in [2.24, 2.45) is 0 Å². The molecular weight excluding hydrogens is 260 g/mol. The fourth-order valence-corrected chi connectivity index (χ4v) is 2.38. The molecule has 0 unspecified atom stereocenters. The molecule has 1 heterocycles. The van der Waals surface area contributed by atoms with Gasteiger partial charge in [0.25, 0.3) is 0 Å². The molecule has 0 bridgehead atoms. The zero-order chi connectivity index (χ0) is 14.7. The molecule has 1 amide bonds. The number of rotatable bonds is 3. The van der Waals surface area contributed by atoms with Crippen LogP contribution in [0.2, 0.25) is 0 Å². The van der Waals surface area contributed by atoms with Gasteiger partial charge >= 0.3 is 0 Å². The number of carbonyl (C=O) groups is 1. The molecule has 0 spiro atoms. The Morgan fingerprint density at radius 3 is 2.62 bits per heavy atom. The number of fused-ring (bicyclic) bond motifs is 1. The Bertz CT molecular complexity index is 782. The summed E-state index contributed by atoms with van der Waals surface area (Å²) >= 11 is 0. The summed E-state index contributed by atoms with van der Waals surface area (Å²) in [6, 6.07) is 18.1. The van der Waals surface area contributed by atoms with Crippen molar-refractivity contribution >= 4 is 22.5 Å². The average molecular weight is 276 g/mol. The summed E-state index contributed by atoms with van der Waals surface area (Å²) in [6.45, 7) is 1.84. The van der Waals surface area contributed by atoms with Crippen LogP contribution in [0.25, 0.3) is 22.0 Å². The Morgan fingerprint density at radius 2 is 1.86 bits per heavy atom. The minimum atomic E-state index is -0.00517. The maximum Gasteiger partial charge on any atom is 0.224 e. The summed E-state index contributed by atoms with van der Waals surface area (Å²) in [5.74, 6) is -0.00517. The van der Waals surface area contributed by atoms with Gasteiger partial charge < -0.3 is 5.32 Å². The Morgan fingerprint density at radius 1 is 1.05 bits per heavy atom. The van der Waals surface area contributed by atoms with E-state index in [2.05, 4.69) is 22.4 Å². The van der Waals surface area contributed by atoms with Gasteiger partial charge in [0, 0.05) is 18.0 Å². The summed E-state index contributed by atoms with van der Waals surface area (Å²) in [5, 5.41) is 3.95. The zero-order valence-corrected chi connectivity index (χ0v) is 11.8. The normalized spacial score (nSPS) is 10.5. The van der Waals surface area contributed by atoms with E-state index in [1.165, 1.54) is 0 Å². The molecule has 1 aromatic heterocycles. The first kappa shape index (κ1) is 13.3. The minimum Gasteiger partial charge on any atom is -0.324 e. The number of hydrogen-bond acceptors (Lipinski definition) is 2. The van der Waals surface area contributed by atoms with E-state index in [4.69, 9.17) is 0 Å². The number of amides is 1. The third-order valence-corrected chi connectivity index (χ3v) is 3.45. The van der Waals surface area contributed by atoms with Gasteiger partial charge in [-0.15, -0.1) is 0 Å². The van der Waals surface area contributed by atoms with Gasteiger partial charge in [0.15, 0.2) is 0 Å². The summed E-state index contributed by atoms with van der Waals surface area (Å²) in [7, 11) is 0. The first-order valence-corrected chi connectivity index (χ1v) is 7.02. The van der Waals surface area contributed by atoms with Crippen molar-refractivity contribution < 1.29 is 4.79 Å². The molecule has 0 atom stereocenters. The molecular formula is C18H16N2O. The number of benzene rings is 2. The van der Waals surface area contributed by atoms with Gasteiger partial charge in [-0.05, 0) is 23.3 Å². The van der Waals surface area contributed by atoms with Crippen LogP contribution in [0.1, 0.15) is 13.3 Å². The Hall–Kier alpha value is -2.68. The van der Waals surface area contributed by atoms with Gasteiger partial charge in [-0.2, -0.15) is 0 Å². The largest absolute Gasteiger partial charge is 0.324 e.